The van der Waals surface area contributed by atoms with Gasteiger partial charge in [0.05, 0.1) is 22.9 Å². The number of ether oxygens (including phenoxy) is 1. The number of methoxy groups -OCH3 is 1. The van der Waals surface area contributed by atoms with Crippen LogP contribution in [0.1, 0.15) is 24.2 Å². The van der Waals surface area contributed by atoms with Gasteiger partial charge in [-0.3, -0.25) is 0 Å². The summed E-state index contributed by atoms with van der Waals surface area (Å²) in [6, 6.07) is 5.19. The zero-order valence-corrected chi connectivity index (χ0v) is 10.3. The fourth-order valence-corrected chi connectivity index (χ4v) is 1.90. The molecule has 2 N–H and O–H groups in total. The van der Waals surface area contributed by atoms with Crippen LogP contribution in [0, 0.1) is 0 Å². The summed E-state index contributed by atoms with van der Waals surface area (Å²) in [7, 11) is 1.35. The fourth-order valence-electron chi connectivity index (χ4n) is 1.19. The number of nitrogen functional groups attached to an aromatic ring is 1. The smallest absolute Gasteiger partial charge is 0.337 e. The first-order valence-corrected chi connectivity index (χ1v) is 5.77. The Hall–Kier alpha value is -1.62. The highest BCUT2D eigenvalue weighted by Gasteiger charge is 2.07. The van der Waals surface area contributed by atoms with Gasteiger partial charge < -0.3 is 10.5 Å². The average Bonchev–Trinajstić information content (AvgIpc) is 2.69. The van der Waals surface area contributed by atoms with Crippen LogP contribution in [-0.2, 0) is 4.74 Å². The normalized spacial score (nSPS) is 9.44. The van der Waals surface area contributed by atoms with Gasteiger partial charge in [-0.05, 0) is 18.2 Å². The monoisotopic (exact) mass is 238 g/mol. The highest BCUT2D eigenvalue weighted by Crippen LogP contribution is 2.24. The molecule has 86 valence electrons. The topological polar surface area (TPSA) is 65.2 Å². The highest BCUT2D eigenvalue weighted by atomic mass is 32.1. The number of rotatable bonds is 1. The van der Waals surface area contributed by atoms with Crippen LogP contribution in [0.4, 0.5) is 5.13 Å². The van der Waals surface area contributed by atoms with Crippen molar-refractivity contribution in [3.8, 4) is 0 Å². The maximum Gasteiger partial charge on any atom is 0.337 e. The van der Waals surface area contributed by atoms with E-state index in [1.54, 1.807) is 12.1 Å². The molecule has 2 rings (SSSR count). The Labute approximate surface area is 98.1 Å². The summed E-state index contributed by atoms with van der Waals surface area (Å²) < 4.78 is 5.57. The molecule has 0 saturated heterocycles. The van der Waals surface area contributed by atoms with Gasteiger partial charge in [0.1, 0.15) is 0 Å². The Balaban J connectivity index is 0.000000606. The van der Waals surface area contributed by atoms with E-state index < -0.39 is 0 Å². The second kappa shape index (κ2) is 5.46. The molecule has 1 aromatic heterocycles. The summed E-state index contributed by atoms with van der Waals surface area (Å²) >= 11 is 1.39. The summed E-state index contributed by atoms with van der Waals surface area (Å²) in [6.07, 6.45) is 0. The van der Waals surface area contributed by atoms with E-state index in [-0.39, 0.29) is 5.97 Å². The van der Waals surface area contributed by atoms with Crippen LogP contribution < -0.4 is 5.73 Å². The Kier molecular flexibility index (Phi) is 4.25. The SMILES string of the molecule is CC.COC(=O)c1ccc2sc(N)nc2c1. The Bertz CT molecular complexity index is 494. The van der Waals surface area contributed by atoms with E-state index in [2.05, 4.69) is 9.72 Å². The number of hydrogen-bond donors (Lipinski definition) is 1. The number of nitrogens with zero attached hydrogens (tertiary/aromatic N) is 1. The standard InChI is InChI=1S/C9H8N2O2S.C2H6/c1-13-8(12)5-2-3-7-6(4-5)11-9(10)14-7;1-2/h2-4H,1H3,(H2,10,11);1-2H3. The van der Waals surface area contributed by atoms with Crippen LogP contribution in [0.25, 0.3) is 10.2 Å². The van der Waals surface area contributed by atoms with Crippen LogP contribution in [0.5, 0.6) is 0 Å². The maximum atomic E-state index is 11.2. The van der Waals surface area contributed by atoms with Crippen molar-refractivity contribution in [3.63, 3.8) is 0 Å². The van der Waals surface area contributed by atoms with Crippen molar-refractivity contribution < 1.29 is 9.53 Å². The Morgan fingerprint density at radius 3 is 2.75 bits per heavy atom. The zero-order valence-electron chi connectivity index (χ0n) is 9.48. The number of hydrogen-bond acceptors (Lipinski definition) is 5. The molecule has 0 radical (unpaired) electrons. The van der Waals surface area contributed by atoms with Crippen LogP contribution in [0.2, 0.25) is 0 Å². The van der Waals surface area contributed by atoms with Crippen molar-refractivity contribution in [2.75, 3.05) is 12.8 Å². The molecular weight excluding hydrogens is 224 g/mol. The lowest BCUT2D eigenvalue weighted by molar-refractivity contribution is 0.0601. The average molecular weight is 238 g/mol. The van der Waals surface area contributed by atoms with Crippen LogP contribution in [0.15, 0.2) is 18.2 Å². The molecule has 0 amide bonds. The van der Waals surface area contributed by atoms with E-state index in [1.165, 1.54) is 18.4 Å². The molecule has 2 aromatic rings. The van der Waals surface area contributed by atoms with E-state index in [0.29, 0.717) is 10.7 Å². The van der Waals surface area contributed by atoms with Gasteiger partial charge in [0, 0.05) is 0 Å². The lowest BCUT2D eigenvalue weighted by atomic mass is 10.2. The minimum atomic E-state index is -0.363. The molecule has 0 aliphatic rings. The van der Waals surface area contributed by atoms with E-state index in [0.717, 1.165) is 10.2 Å². The van der Waals surface area contributed by atoms with Crippen molar-refractivity contribution in [2.45, 2.75) is 13.8 Å². The molecule has 0 atom stereocenters. The molecule has 0 saturated carbocycles. The summed E-state index contributed by atoms with van der Waals surface area (Å²) in [5.41, 5.74) is 6.76. The third-order valence-electron chi connectivity index (χ3n) is 1.83. The molecule has 0 bridgehead atoms. The van der Waals surface area contributed by atoms with Gasteiger partial charge in [-0.15, -0.1) is 0 Å². The summed E-state index contributed by atoms with van der Waals surface area (Å²) in [6.45, 7) is 4.00. The summed E-state index contributed by atoms with van der Waals surface area (Å²) in [5.74, 6) is -0.363. The van der Waals surface area contributed by atoms with Gasteiger partial charge in [0.25, 0.3) is 0 Å². The second-order valence-corrected chi connectivity index (χ2v) is 3.79. The van der Waals surface area contributed by atoms with Crippen LogP contribution >= 0.6 is 11.3 Å². The van der Waals surface area contributed by atoms with E-state index in [4.69, 9.17) is 5.73 Å². The number of esters is 1. The number of carbonyl (C=O) groups excluding carboxylic acids is 1. The minimum absolute atomic E-state index is 0.363. The van der Waals surface area contributed by atoms with E-state index >= 15 is 0 Å². The first-order chi connectivity index (χ1) is 7.70. The first kappa shape index (κ1) is 12.4. The van der Waals surface area contributed by atoms with Gasteiger partial charge in [-0.1, -0.05) is 25.2 Å². The third-order valence-corrected chi connectivity index (χ3v) is 2.69. The molecule has 16 heavy (non-hydrogen) atoms. The Morgan fingerprint density at radius 1 is 1.44 bits per heavy atom. The highest BCUT2D eigenvalue weighted by molar-refractivity contribution is 7.22. The van der Waals surface area contributed by atoms with E-state index in [1.807, 2.05) is 19.9 Å². The van der Waals surface area contributed by atoms with Gasteiger partial charge in [0.2, 0.25) is 0 Å². The number of carbonyl (C=O) groups is 1. The number of nitrogens with two attached hydrogens (primary N) is 1. The number of thiazole rings is 1. The summed E-state index contributed by atoms with van der Waals surface area (Å²) in [4.78, 5) is 15.3. The fraction of sp³-hybridized carbons (Fsp3) is 0.273. The first-order valence-electron chi connectivity index (χ1n) is 4.95. The van der Waals surface area contributed by atoms with Crippen molar-refractivity contribution in [2.24, 2.45) is 0 Å². The molecule has 1 heterocycles. The molecule has 1 aromatic carbocycles. The molecule has 0 spiro atoms. The zero-order chi connectivity index (χ0) is 12.1. The number of aromatic nitrogens is 1. The lowest BCUT2D eigenvalue weighted by Gasteiger charge is -1.97. The third kappa shape index (κ3) is 2.49. The largest absolute Gasteiger partial charge is 0.465 e. The summed E-state index contributed by atoms with van der Waals surface area (Å²) in [5, 5.41) is 0.502. The predicted molar refractivity (Wildman–Crippen MR) is 66.7 cm³/mol. The van der Waals surface area contributed by atoms with E-state index in [9.17, 15) is 4.79 Å². The lowest BCUT2D eigenvalue weighted by Crippen LogP contribution is -2.00. The number of anilines is 1. The molecule has 0 aliphatic heterocycles. The molecule has 0 fully saturated rings. The maximum absolute atomic E-state index is 11.2. The Morgan fingerprint density at radius 2 is 2.12 bits per heavy atom. The second-order valence-electron chi connectivity index (χ2n) is 2.73. The number of benzene rings is 1. The van der Waals surface area contributed by atoms with Crippen molar-refractivity contribution in [1.29, 1.82) is 0 Å². The van der Waals surface area contributed by atoms with Crippen molar-refractivity contribution >= 4 is 32.7 Å². The van der Waals surface area contributed by atoms with Crippen molar-refractivity contribution in [3.05, 3.63) is 23.8 Å². The molecule has 4 nitrogen and oxygen atoms in total. The van der Waals surface area contributed by atoms with Gasteiger partial charge in [0.15, 0.2) is 5.13 Å². The molecule has 5 heteroatoms. The van der Waals surface area contributed by atoms with Crippen LogP contribution in [0.3, 0.4) is 0 Å². The number of fused-ring (bicyclic) bond motifs is 1. The van der Waals surface area contributed by atoms with Gasteiger partial charge in [-0.25, -0.2) is 9.78 Å². The molecular formula is C11H14N2O2S. The predicted octanol–water partition coefficient (Wildman–Crippen LogP) is 2.69. The van der Waals surface area contributed by atoms with Gasteiger partial charge >= 0.3 is 5.97 Å². The molecule has 0 unspecified atom stereocenters. The van der Waals surface area contributed by atoms with Crippen LogP contribution in [-0.4, -0.2) is 18.1 Å². The molecule has 0 aliphatic carbocycles. The quantitative estimate of drug-likeness (QED) is 0.776. The minimum Gasteiger partial charge on any atom is -0.465 e. The van der Waals surface area contributed by atoms with Gasteiger partial charge in [-0.2, -0.15) is 0 Å². The van der Waals surface area contributed by atoms with Crippen molar-refractivity contribution in [1.82, 2.24) is 4.98 Å².